The molecule has 100 valence electrons. The van der Waals surface area contributed by atoms with Gasteiger partial charge in [-0.1, -0.05) is 27.7 Å². The van der Waals surface area contributed by atoms with Gasteiger partial charge in [-0.2, -0.15) is 0 Å². The molecule has 18 heavy (non-hydrogen) atoms. The van der Waals surface area contributed by atoms with Crippen molar-refractivity contribution < 1.29 is 9.90 Å². The van der Waals surface area contributed by atoms with Crippen molar-refractivity contribution in [3.05, 3.63) is 23.8 Å². The molecule has 1 unspecified atom stereocenters. The van der Waals surface area contributed by atoms with E-state index in [1.54, 1.807) is 12.1 Å². The van der Waals surface area contributed by atoms with Crippen LogP contribution in [0.25, 0.3) is 0 Å². The molecule has 0 heterocycles. The van der Waals surface area contributed by atoms with E-state index < -0.39 is 5.97 Å². The first-order valence-electron chi connectivity index (χ1n) is 6.08. The van der Waals surface area contributed by atoms with Gasteiger partial charge >= 0.3 is 5.97 Å². The summed E-state index contributed by atoms with van der Waals surface area (Å²) in [5.74, 6) is -0.493. The minimum absolute atomic E-state index is 0.201. The molecular formula is C14H22N2O2. The zero-order valence-electron chi connectivity index (χ0n) is 11.4. The van der Waals surface area contributed by atoms with Gasteiger partial charge in [0.15, 0.2) is 0 Å². The first-order valence-corrected chi connectivity index (χ1v) is 6.08. The molecular weight excluding hydrogens is 228 g/mol. The van der Waals surface area contributed by atoms with Crippen LogP contribution in [-0.4, -0.2) is 17.6 Å². The van der Waals surface area contributed by atoms with Gasteiger partial charge in [0.2, 0.25) is 0 Å². The Morgan fingerprint density at radius 3 is 2.56 bits per heavy atom. The topological polar surface area (TPSA) is 75.3 Å². The van der Waals surface area contributed by atoms with E-state index in [9.17, 15) is 4.79 Å². The second-order valence-electron chi connectivity index (χ2n) is 5.76. The average Bonchev–Trinajstić information content (AvgIpc) is 2.25. The predicted molar refractivity (Wildman–Crippen MR) is 74.9 cm³/mol. The Morgan fingerprint density at radius 2 is 2.06 bits per heavy atom. The molecule has 0 amide bonds. The highest BCUT2D eigenvalue weighted by molar-refractivity contribution is 5.90. The molecule has 0 aromatic heterocycles. The minimum atomic E-state index is -0.943. The molecule has 0 saturated heterocycles. The van der Waals surface area contributed by atoms with E-state index in [-0.39, 0.29) is 11.0 Å². The number of nitrogen functional groups attached to an aromatic ring is 1. The predicted octanol–water partition coefficient (Wildman–Crippen LogP) is 3.06. The Labute approximate surface area is 108 Å². The number of benzene rings is 1. The van der Waals surface area contributed by atoms with E-state index in [1.807, 2.05) is 0 Å². The van der Waals surface area contributed by atoms with Crippen molar-refractivity contribution in [2.75, 3.05) is 17.6 Å². The number of nitrogens with one attached hydrogen (secondary N) is 1. The molecule has 4 N–H and O–H groups in total. The van der Waals surface area contributed by atoms with Crippen LogP contribution in [0.3, 0.4) is 0 Å². The average molecular weight is 250 g/mol. The van der Waals surface area contributed by atoms with Crippen LogP contribution >= 0.6 is 0 Å². The summed E-state index contributed by atoms with van der Waals surface area (Å²) >= 11 is 0. The number of rotatable bonds is 4. The van der Waals surface area contributed by atoms with E-state index in [1.165, 1.54) is 6.07 Å². The first-order chi connectivity index (χ1) is 8.21. The van der Waals surface area contributed by atoms with Gasteiger partial charge in [0.05, 0.1) is 16.9 Å². The van der Waals surface area contributed by atoms with Crippen LogP contribution in [0.4, 0.5) is 11.4 Å². The third-order valence-electron chi connectivity index (χ3n) is 3.38. The van der Waals surface area contributed by atoms with E-state index in [2.05, 4.69) is 33.0 Å². The number of anilines is 2. The van der Waals surface area contributed by atoms with Crippen molar-refractivity contribution in [1.82, 2.24) is 0 Å². The Kier molecular flexibility index (Phi) is 4.22. The van der Waals surface area contributed by atoms with E-state index >= 15 is 0 Å². The molecule has 1 rings (SSSR count). The lowest BCUT2D eigenvalue weighted by Crippen LogP contribution is -2.25. The molecule has 0 saturated carbocycles. The van der Waals surface area contributed by atoms with Gasteiger partial charge in [-0.3, -0.25) is 0 Å². The van der Waals surface area contributed by atoms with Crippen LogP contribution in [0, 0.1) is 11.3 Å². The summed E-state index contributed by atoms with van der Waals surface area (Å²) in [5.41, 5.74) is 7.53. The number of hydrogen-bond acceptors (Lipinski definition) is 3. The molecule has 4 heteroatoms. The molecule has 0 bridgehead atoms. The number of aromatic carboxylic acids is 1. The second kappa shape index (κ2) is 5.29. The monoisotopic (exact) mass is 250 g/mol. The molecule has 1 aromatic carbocycles. The molecule has 0 aliphatic rings. The van der Waals surface area contributed by atoms with Crippen molar-refractivity contribution in [2.45, 2.75) is 27.7 Å². The normalized spacial score (nSPS) is 13.1. The van der Waals surface area contributed by atoms with Crippen LogP contribution in [0.5, 0.6) is 0 Å². The fourth-order valence-corrected chi connectivity index (χ4v) is 1.41. The standard InChI is InChI=1S/C14H22N2O2/c1-9(14(2,3)4)8-16-12-7-10(13(17)18)5-6-11(12)15/h5-7,9,16H,8,15H2,1-4H3,(H,17,18). The number of carboxylic acid groups (broad SMARTS) is 1. The second-order valence-corrected chi connectivity index (χ2v) is 5.76. The number of hydrogen-bond donors (Lipinski definition) is 3. The van der Waals surface area contributed by atoms with Gasteiger partial charge in [0.1, 0.15) is 0 Å². The van der Waals surface area contributed by atoms with Crippen molar-refractivity contribution in [2.24, 2.45) is 11.3 Å². The summed E-state index contributed by atoms with van der Waals surface area (Å²) in [6, 6.07) is 4.70. The smallest absolute Gasteiger partial charge is 0.335 e. The zero-order valence-corrected chi connectivity index (χ0v) is 11.4. The maximum atomic E-state index is 10.9. The summed E-state index contributed by atoms with van der Waals surface area (Å²) in [7, 11) is 0. The fourth-order valence-electron chi connectivity index (χ4n) is 1.41. The van der Waals surface area contributed by atoms with E-state index in [4.69, 9.17) is 10.8 Å². The van der Waals surface area contributed by atoms with E-state index in [0.29, 0.717) is 17.3 Å². The SMILES string of the molecule is CC(CNc1cc(C(=O)O)ccc1N)C(C)(C)C. The number of carbonyl (C=O) groups is 1. The van der Waals surface area contributed by atoms with Crippen LogP contribution in [0.1, 0.15) is 38.1 Å². The van der Waals surface area contributed by atoms with Gasteiger partial charge in [-0.05, 0) is 29.5 Å². The van der Waals surface area contributed by atoms with Gasteiger partial charge in [0.25, 0.3) is 0 Å². The quantitative estimate of drug-likeness (QED) is 0.718. The highest BCUT2D eigenvalue weighted by atomic mass is 16.4. The molecule has 1 aromatic rings. The van der Waals surface area contributed by atoms with Crippen LogP contribution in [0.15, 0.2) is 18.2 Å². The summed E-state index contributed by atoms with van der Waals surface area (Å²) in [5, 5.41) is 12.2. The van der Waals surface area contributed by atoms with Crippen molar-refractivity contribution >= 4 is 17.3 Å². The molecule has 4 nitrogen and oxygen atoms in total. The lowest BCUT2D eigenvalue weighted by Gasteiger charge is -2.28. The molecule has 1 atom stereocenters. The molecule has 0 spiro atoms. The minimum Gasteiger partial charge on any atom is -0.478 e. The number of nitrogens with two attached hydrogens (primary N) is 1. The summed E-state index contributed by atoms with van der Waals surface area (Å²) in [6.07, 6.45) is 0. The Hall–Kier alpha value is -1.71. The lowest BCUT2D eigenvalue weighted by atomic mass is 9.82. The fraction of sp³-hybridized carbons (Fsp3) is 0.500. The third-order valence-corrected chi connectivity index (χ3v) is 3.38. The highest BCUT2D eigenvalue weighted by Crippen LogP contribution is 2.27. The lowest BCUT2D eigenvalue weighted by molar-refractivity contribution is 0.0697. The van der Waals surface area contributed by atoms with E-state index in [0.717, 1.165) is 6.54 Å². The Balaban J connectivity index is 2.78. The summed E-state index contributed by atoms with van der Waals surface area (Å²) in [6.45, 7) is 9.45. The largest absolute Gasteiger partial charge is 0.478 e. The maximum Gasteiger partial charge on any atom is 0.335 e. The summed E-state index contributed by atoms with van der Waals surface area (Å²) in [4.78, 5) is 10.9. The molecule has 0 radical (unpaired) electrons. The first kappa shape index (κ1) is 14.4. The van der Waals surface area contributed by atoms with Crippen LogP contribution in [-0.2, 0) is 0 Å². The Morgan fingerprint density at radius 1 is 1.44 bits per heavy atom. The molecule has 0 aliphatic heterocycles. The van der Waals surface area contributed by atoms with Crippen molar-refractivity contribution in [3.63, 3.8) is 0 Å². The van der Waals surface area contributed by atoms with Gasteiger partial charge in [0, 0.05) is 6.54 Å². The van der Waals surface area contributed by atoms with Crippen molar-refractivity contribution in [3.8, 4) is 0 Å². The molecule has 0 fully saturated rings. The van der Waals surface area contributed by atoms with Crippen LogP contribution < -0.4 is 11.1 Å². The Bertz CT molecular complexity index is 436. The highest BCUT2D eigenvalue weighted by Gasteiger charge is 2.19. The van der Waals surface area contributed by atoms with Gasteiger partial charge < -0.3 is 16.2 Å². The van der Waals surface area contributed by atoms with Gasteiger partial charge in [-0.15, -0.1) is 0 Å². The number of carboxylic acids is 1. The third kappa shape index (κ3) is 3.65. The zero-order chi connectivity index (χ0) is 13.9. The summed E-state index contributed by atoms with van der Waals surface area (Å²) < 4.78 is 0. The molecule has 0 aliphatic carbocycles. The maximum absolute atomic E-state index is 10.9. The van der Waals surface area contributed by atoms with Crippen molar-refractivity contribution in [1.29, 1.82) is 0 Å². The van der Waals surface area contributed by atoms with Crippen LogP contribution in [0.2, 0.25) is 0 Å². The van der Waals surface area contributed by atoms with Gasteiger partial charge in [-0.25, -0.2) is 4.79 Å².